The Kier molecular flexibility index (Phi) is 2.83. The zero-order valence-electron chi connectivity index (χ0n) is 11.4. The number of fused-ring (bicyclic) bond motifs is 2. The topological polar surface area (TPSA) is 37.4 Å². The minimum absolute atomic E-state index is 0.0839. The quantitative estimate of drug-likeness (QED) is 0.706. The smallest absolute Gasteiger partial charge is 0.236 e. The van der Waals surface area contributed by atoms with E-state index in [0.29, 0.717) is 19.0 Å². The van der Waals surface area contributed by atoms with E-state index in [1.165, 1.54) is 0 Å². The lowest BCUT2D eigenvalue weighted by Crippen LogP contribution is -2.49. The molecule has 0 saturated heterocycles. The standard InChI is InChI=1S/C14H23NO2/c1-5-15(6-2)12(17)14-8-7-10(9-14)13(3,4)11(14)16/h10H,5-9H2,1-4H3. The van der Waals surface area contributed by atoms with Crippen molar-refractivity contribution in [2.75, 3.05) is 13.1 Å². The van der Waals surface area contributed by atoms with Crippen LogP contribution in [0.3, 0.4) is 0 Å². The summed E-state index contributed by atoms with van der Waals surface area (Å²) in [4.78, 5) is 27.0. The minimum atomic E-state index is -0.666. The van der Waals surface area contributed by atoms with Gasteiger partial charge >= 0.3 is 0 Å². The minimum Gasteiger partial charge on any atom is -0.342 e. The molecule has 0 aromatic carbocycles. The number of amides is 1. The predicted molar refractivity (Wildman–Crippen MR) is 66.5 cm³/mol. The molecule has 2 saturated carbocycles. The third-order valence-electron chi connectivity index (χ3n) is 5.01. The summed E-state index contributed by atoms with van der Waals surface area (Å²) in [6, 6.07) is 0. The van der Waals surface area contributed by atoms with E-state index in [-0.39, 0.29) is 17.1 Å². The van der Waals surface area contributed by atoms with Gasteiger partial charge in [-0.15, -0.1) is 0 Å². The Balaban J connectivity index is 2.32. The molecule has 0 heterocycles. The van der Waals surface area contributed by atoms with E-state index in [9.17, 15) is 9.59 Å². The Hall–Kier alpha value is -0.860. The number of rotatable bonds is 3. The lowest BCUT2D eigenvalue weighted by molar-refractivity contribution is -0.151. The van der Waals surface area contributed by atoms with Crippen LogP contribution in [0.15, 0.2) is 0 Å². The summed E-state index contributed by atoms with van der Waals surface area (Å²) in [5.41, 5.74) is -0.957. The second-order valence-corrected chi connectivity index (χ2v) is 6.05. The zero-order valence-corrected chi connectivity index (χ0v) is 11.4. The van der Waals surface area contributed by atoms with Crippen molar-refractivity contribution >= 4 is 11.7 Å². The van der Waals surface area contributed by atoms with E-state index < -0.39 is 5.41 Å². The number of hydrogen-bond acceptors (Lipinski definition) is 2. The van der Waals surface area contributed by atoms with Crippen molar-refractivity contribution in [1.82, 2.24) is 4.90 Å². The zero-order chi connectivity index (χ0) is 12.8. The van der Waals surface area contributed by atoms with Crippen LogP contribution >= 0.6 is 0 Å². The van der Waals surface area contributed by atoms with Crippen molar-refractivity contribution < 1.29 is 9.59 Å². The molecule has 2 aliphatic rings. The second kappa shape index (κ2) is 3.82. The van der Waals surface area contributed by atoms with Gasteiger partial charge in [0.25, 0.3) is 0 Å². The van der Waals surface area contributed by atoms with Crippen LogP contribution in [-0.2, 0) is 9.59 Å². The number of Topliss-reactive ketones (excluding diaryl/α,β-unsaturated/α-hetero) is 1. The van der Waals surface area contributed by atoms with Crippen LogP contribution < -0.4 is 0 Å². The van der Waals surface area contributed by atoms with Crippen LogP contribution in [0.5, 0.6) is 0 Å². The van der Waals surface area contributed by atoms with E-state index in [4.69, 9.17) is 0 Å². The Morgan fingerprint density at radius 2 is 1.94 bits per heavy atom. The predicted octanol–water partition coefficient (Wildman–Crippen LogP) is 2.25. The van der Waals surface area contributed by atoms with Gasteiger partial charge in [0.2, 0.25) is 5.91 Å². The van der Waals surface area contributed by atoms with Gasteiger partial charge in [-0.05, 0) is 39.0 Å². The normalized spacial score (nSPS) is 34.1. The molecule has 0 spiro atoms. The summed E-state index contributed by atoms with van der Waals surface area (Å²) in [5, 5.41) is 0. The van der Waals surface area contributed by atoms with Gasteiger partial charge in [0.1, 0.15) is 5.41 Å². The van der Waals surface area contributed by atoms with E-state index in [0.717, 1.165) is 19.3 Å². The van der Waals surface area contributed by atoms with Crippen molar-refractivity contribution in [2.45, 2.75) is 47.0 Å². The summed E-state index contributed by atoms with van der Waals surface area (Å²) in [5.74, 6) is 0.688. The Bertz CT molecular complexity index is 357. The molecule has 0 radical (unpaired) electrons. The van der Waals surface area contributed by atoms with Gasteiger partial charge < -0.3 is 4.90 Å². The molecule has 0 aliphatic heterocycles. The van der Waals surface area contributed by atoms with Gasteiger partial charge in [0, 0.05) is 18.5 Å². The van der Waals surface area contributed by atoms with Gasteiger partial charge in [0.15, 0.2) is 5.78 Å². The Labute approximate surface area is 104 Å². The first kappa shape index (κ1) is 12.6. The fourth-order valence-electron chi connectivity index (χ4n) is 3.77. The summed E-state index contributed by atoms with van der Waals surface area (Å²) in [6.07, 6.45) is 2.59. The maximum absolute atomic E-state index is 12.6. The van der Waals surface area contributed by atoms with Gasteiger partial charge in [-0.1, -0.05) is 13.8 Å². The molecule has 96 valence electrons. The van der Waals surface area contributed by atoms with Crippen LogP contribution in [0.4, 0.5) is 0 Å². The number of nitrogens with zero attached hydrogens (tertiary/aromatic N) is 1. The van der Waals surface area contributed by atoms with Crippen LogP contribution in [0, 0.1) is 16.7 Å². The lowest BCUT2D eigenvalue weighted by atomic mass is 9.70. The van der Waals surface area contributed by atoms with Crippen molar-refractivity contribution in [3.05, 3.63) is 0 Å². The molecule has 2 aliphatic carbocycles. The third-order valence-corrected chi connectivity index (χ3v) is 5.01. The van der Waals surface area contributed by atoms with Crippen molar-refractivity contribution in [3.63, 3.8) is 0 Å². The summed E-state index contributed by atoms with van der Waals surface area (Å²) in [6.45, 7) is 9.39. The highest BCUT2D eigenvalue weighted by atomic mass is 16.2. The molecule has 2 fully saturated rings. The van der Waals surface area contributed by atoms with Crippen molar-refractivity contribution in [1.29, 1.82) is 0 Å². The third kappa shape index (κ3) is 1.47. The molecule has 2 bridgehead atoms. The molecule has 0 aromatic heterocycles. The summed E-state index contributed by atoms with van der Waals surface area (Å²) in [7, 11) is 0. The molecule has 0 N–H and O–H groups in total. The van der Waals surface area contributed by atoms with E-state index in [1.807, 2.05) is 32.6 Å². The van der Waals surface area contributed by atoms with E-state index in [1.54, 1.807) is 0 Å². The molecule has 1 amide bonds. The molecule has 3 heteroatoms. The van der Waals surface area contributed by atoms with Crippen LogP contribution in [0.1, 0.15) is 47.0 Å². The SMILES string of the molecule is CCN(CC)C(=O)C12CCC(C1)C(C)(C)C2=O. The molecular weight excluding hydrogens is 214 g/mol. The van der Waals surface area contributed by atoms with Gasteiger partial charge in [-0.2, -0.15) is 0 Å². The fraction of sp³-hybridized carbons (Fsp3) is 0.857. The van der Waals surface area contributed by atoms with E-state index >= 15 is 0 Å². The fourth-order valence-corrected chi connectivity index (χ4v) is 3.77. The number of ketones is 1. The van der Waals surface area contributed by atoms with E-state index in [2.05, 4.69) is 0 Å². The first-order valence-electron chi connectivity index (χ1n) is 6.74. The van der Waals surface area contributed by atoms with Crippen LogP contribution in [0.25, 0.3) is 0 Å². The Morgan fingerprint density at radius 3 is 2.35 bits per heavy atom. The van der Waals surface area contributed by atoms with Crippen LogP contribution in [0.2, 0.25) is 0 Å². The summed E-state index contributed by atoms with van der Waals surface area (Å²) >= 11 is 0. The monoisotopic (exact) mass is 237 g/mol. The molecule has 2 atom stereocenters. The maximum Gasteiger partial charge on any atom is 0.236 e. The average molecular weight is 237 g/mol. The van der Waals surface area contributed by atoms with Crippen molar-refractivity contribution in [2.24, 2.45) is 16.7 Å². The first-order valence-corrected chi connectivity index (χ1v) is 6.74. The molecule has 17 heavy (non-hydrogen) atoms. The molecule has 0 aromatic rings. The maximum atomic E-state index is 12.6. The van der Waals surface area contributed by atoms with Gasteiger partial charge in [-0.25, -0.2) is 0 Å². The average Bonchev–Trinajstić information content (AvgIpc) is 2.81. The Morgan fingerprint density at radius 1 is 1.35 bits per heavy atom. The molecule has 2 unspecified atom stereocenters. The van der Waals surface area contributed by atoms with Crippen LogP contribution in [-0.4, -0.2) is 29.7 Å². The molecular formula is C14H23NO2. The van der Waals surface area contributed by atoms with Gasteiger partial charge in [-0.3, -0.25) is 9.59 Å². The highest BCUT2D eigenvalue weighted by Gasteiger charge is 2.65. The lowest BCUT2D eigenvalue weighted by Gasteiger charge is -2.35. The largest absolute Gasteiger partial charge is 0.342 e. The molecule has 2 rings (SSSR count). The number of hydrogen-bond donors (Lipinski definition) is 0. The first-order chi connectivity index (χ1) is 7.90. The number of carbonyl (C=O) groups is 2. The highest BCUT2D eigenvalue weighted by molar-refractivity contribution is 6.10. The number of carbonyl (C=O) groups excluding carboxylic acids is 2. The summed E-state index contributed by atoms with van der Waals surface area (Å²) < 4.78 is 0. The van der Waals surface area contributed by atoms with Crippen molar-refractivity contribution in [3.8, 4) is 0 Å². The molecule has 3 nitrogen and oxygen atoms in total. The van der Waals surface area contributed by atoms with Gasteiger partial charge in [0.05, 0.1) is 0 Å². The highest BCUT2D eigenvalue weighted by Crippen LogP contribution is 2.60. The second-order valence-electron chi connectivity index (χ2n) is 6.05.